The molecule has 0 aromatic heterocycles. The molecule has 2 fully saturated rings. The van der Waals surface area contributed by atoms with E-state index in [-0.39, 0.29) is 11.7 Å². The molecule has 0 aliphatic carbocycles. The first kappa shape index (κ1) is 22.7. The second-order valence-corrected chi connectivity index (χ2v) is 7.89. The minimum absolute atomic E-state index is 0.0606. The van der Waals surface area contributed by atoms with Crippen LogP contribution < -0.4 is 15.5 Å². The summed E-state index contributed by atoms with van der Waals surface area (Å²) in [4.78, 5) is 6.38. The van der Waals surface area contributed by atoms with E-state index in [0.717, 1.165) is 58.0 Å². The van der Waals surface area contributed by atoms with E-state index in [1.807, 2.05) is 6.92 Å². The van der Waals surface area contributed by atoms with E-state index in [0.29, 0.717) is 32.2 Å². The van der Waals surface area contributed by atoms with Crippen LogP contribution in [0.1, 0.15) is 32.6 Å². The van der Waals surface area contributed by atoms with Crippen molar-refractivity contribution in [1.29, 1.82) is 0 Å². The van der Waals surface area contributed by atoms with Crippen LogP contribution >= 0.6 is 0 Å². The van der Waals surface area contributed by atoms with Gasteiger partial charge in [0.05, 0.1) is 0 Å². The summed E-state index contributed by atoms with van der Waals surface area (Å²) in [5.41, 5.74) is 0.0606. The van der Waals surface area contributed by atoms with Gasteiger partial charge in [-0.05, 0) is 50.7 Å². The molecule has 2 saturated heterocycles. The van der Waals surface area contributed by atoms with Gasteiger partial charge in [0, 0.05) is 58.6 Å². The van der Waals surface area contributed by atoms with Crippen molar-refractivity contribution in [2.45, 2.75) is 38.6 Å². The lowest BCUT2D eigenvalue weighted by Gasteiger charge is -2.22. The van der Waals surface area contributed by atoms with Gasteiger partial charge in [-0.15, -0.1) is 0 Å². The summed E-state index contributed by atoms with van der Waals surface area (Å²) < 4.78 is 39.2. The lowest BCUT2D eigenvalue weighted by atomic mass is 10.0. The molecule has 2 N–H and O–H groups in total. The summed E-state index contributed by atoms with van der Waals surface area (Å²) in [6.07, 6.45) is 3.83. The Morgan fingerprint density at radius 1 is 1.23 bits per heavy atom. The van der Waals surface area contributed by atoms with Crippen LogP contribution in [-0.2, 0) is 9.47 Å². The van der Waals surface area contributed by atoms with Crippen LogP contribution in [0, 0.1) is 17.6 Å². The average Bonchev–Trinajstić information content (AvgIpc) is 3.19. The quantitative estimate of drug-likeness (QED) is 0.363. The van der Waals surface area contributed by atoms with E-state index in [1.165, 1.54) is 18.2 Å². The summed E-state index contributed by atoms with van der Waals surface area (Å²) in [6.45, 7) is 7.78. The predicted molar refractivity (Wildman–Crippen MR) is 115 cm³/mol. The first-order chi connectivity index (χ1) is 14.7. The highest BCUT2D eigenvalue weighted by Gasteiger charge is 2.27. The number of halogens is 2. The highest BCUT2D eigenvalue weighted by Crippen LogP contribution is 2.26. The standard InChI is InChI=1S/C22H34F2N4O2/c1-2-25-22(26-10-4-12-30-16-17-8-13-29-14-9-17)27-18-7-11-28(15-18)21-19(23)5-3-6-20(21)24/h3,5-6,17-18H,2,4,7-16H2,1H3,(H2,25,26,27). The Morgan fingerprint density at radius 2 is 2.00 bits per heavy atom. The molecule has 168 valence electrons. The van der Waals surface area contributed by atoms with E-state index >= 15 is 0 Å². The summed E-state index contributed by atoms with van der Waals surface area (Å²) in [6, 6.07) is 4.08. The predicted octanol–water partition coefficient (Wildman–Crippen LogP) is 2.93. The molecule has 1 unspecified atom stereocenters. The van der Waals surface area contributed by atoms with Gasteiger partial charge >= 0.3 is 0 Å². The fourth-order valence-electron chi connectivity index (χ4n) is 3.91. The minimum Gasteiger partial charge on any atom is -0.381 e. The van der Waals surface area contributed by atoms with Gasteiger partial charge in [0.25, 0.3) is 0 Å². The van der Waals surface area contributed by atoms with Crippen LogP contribution in [0.5, 0.6) is 0 Å². The molecule has 1 aromatic carbocycles. The topological polar surface area (TPSA) is 58.1 Å². The second kappa shape index (κ2) is 12.1. The van der Waals surface area contributed by atoms with Crippen LogP contribution in [0.2, 0.25) is 0 Å². The molecule has 1 atom stereocenters. The molecular formula is C22H34F2N4O2. The summed E-state index contributed by atoms with van der Waals surface area (Å²) >= 11 is 0. The maximum Gasteiger partial charge on any atom is 0.191 e. The third kappa shape index (κ3) is 6.80. The van der Waals surface area contributed by atoms with Crippen molar-refractivity contribution in [2.75, 3.05) is 57.5 Å². The Bertz CT molecular complexity index is 663. The molecule has 2 heterocycles. The van der Waals surface area contributed by atoms with Crippen LogP contribution in [0.15, 0.2) is 23.2 Å². The molecular weight excluding hydrogens is 390 g/mol. The monoisotopic (exact) mass is 424 g/mol. The molecule has 0 radical (unpaired) electrons. The zero-order valence-corrected chi connectivity index (χ0v) is 17.8. The highest BCUT2D eigenvalue weighted by atomic mass is 19.1. The molecule has 2 aliphatic rings. The lowest BCUT2D eigenvalue weighted by molar-refractivity contribution is 0.0205. The molecule has 6 nitrogen and oxygen atoms in total. The van der Waals surface area contributed by atoms with Gasteiger partial charge in [-0.3, -0.25) is 4.99 Å². The summed E-state index contributed by atoms with van der Waals surface area (Å²) in [5.74, 6) is 0.322. The van der Waals surface area contributed by atoms with E-state index in [2.05, 4.69) is 15.6 Å². The SMILES string of the molecule is CCNC(=NCCCOCC1CCOCC1)NC1CCN(c2c(F)cccc2F)C1. The number of benzene rings is 1. The van der Waals surface area contributed by atoms with E-state index in [9.17, 15) is 8.78 Å². The highest BCUT2D eigenvalue weighted by molar-refractivity contribution is 5.80. The van der Waals surface area contributed by atoms with Gasteiger partial charge in [0.1, 0.15) is 17.3 Å². The maximum absolute atomic E-state index is 14.0. The van der Waals surface area contributed by atoms with E-state index in [1.54, 1.807) is 4.90 Å². The zero-order valence-electron chi connectivity index (χ0n) is 17.8. The number of guanidine groups is 1. The zero-order chi connectivity index (χ0) is 21.2. The fraction of sp³-hybridized carbons (Fsp3) is 0.682. The van der Waals surface area contributed by atoms with Gasteiger partial charge < -0.3 is 25.0 Å². The first-order valence-corrected chi connectivity index (χ1v) is 11.1. The molecule has 30 heavy (non-hydrogen) atoms. The van der Waals surface area contributed by atoms with Crippen LogP contribution in [-0.4, -0.2) is 64.6 Å². The van der Waals surface area contributed by atoms with Crippen molar-refractivity contribution in [2.24, 2.45) is 10.9 Å². The Morgan fingerprint density at radius 3 is 2.73 bits per heavy atom. The van der Waals surface area contributed by atoms with Gasteiger partial charge in [-0.1, -0.05) is 6.07 Å². The minimum atomic E-state index is -0.517. The molecule has 8 heteroatoms. The van der Waals surface area contributed by atoms with Gasteiger partial charge in [-0.25, -0.2) is 8.78 Å². The number of anilines is 1. The van der Waals surface area contributed by atoms with Crippen LogP contribution in [0.3, 0.4) is 0 Å². The molecule has 0 amide bonds. The van der Waals surface area contributed by atoms with Gasteiger partial charge in [-0.2, -0.15) is 0 Å². The van der Waals surface area contributed by atoms with Gasteiger partial charge in [0.15, 0.2) is 5.96 Å². The summed E-state index contributed by atoms with van der Waals surface area (Å²) in [5, 5.41) is 6.64. The van der Waals surface area contributed by atoms with Crippen molar-refractivity contribution in [3.63, 3.8) is 0 Å². The number of hydrogen-bond acceptors (Lipinski definition) is 4. The smallest absolute Gasteiger partial charge is 0.191 e. The van der Waals surface area contributed by atoms with Crippen molar-refractivity contribution in [1.82, 2.24) is 10.6 Å². The Hall–Kier alpha value is -1.93. The van der Waals surface area contributed by atoms with E-state index < -0.39 is 11.6 Å². The average molecular weight is 425 g/mol. The number of rotatable bonds is 9. The Kier molecular flexibility index (Phi) is 9.14. The van der Waals surface area contributed by atoms with Gasteiger partial charge in [0.2, 0.25) is 0 Å². The van der Waals surface area contributed by atoms with Crippen molar-refractivity contribution in [3.05, 3.63) is 29.8 Å². The van der Waals surface area contributed by atoms with Crippen LogP contribution in [0.4, 0.5) is 14.5 Å². The Balaban J connectivity index is 1.40. The number of hydrogen-bond donors (Lipinski definition) is 2. The maximum atomic E-state index is 14.0. The summed E-state index contributed by atoms with van der Waals surface area (Å²) in [7, 11) is 0. The lowest BCUT2D eigenvalue weighted by Crippen LogP contribution is -2.44. The molecule has 3 rings (SSSR count). The number of para-hydroxylation sites is 1. The third-order valence-corrected chi connectivity index (χ3v) is 5.54. The largest absolute Gasteiger partial charge is 0.381 e. The Labute approximate surface area is 178 Å². The normalized spacial score (nSPS) is 20.6. The number of nitrogens with one attached hydrogen (secondary N) is 2. The molecule has 1 aromatic rings. The van der Waals surface area contributed by atoms with Crippen LogP contribution in [0.25, 0.3) is 0 Å². The van der Waals surface area contributed by atoms with Crippen molar-refractivity contribution >= 4 is 11.6 Å². The number of ether oxygens (including phenoxy) is 2. The van der Waals surface area contributed by atoms with Crippen molar-refractivity contribution < 1.29 is 18.3 Å². The van der Waals surface area contributed by atoms with Crippen molar-refractivity contribution in [3.8, 4) is 0 Å². The number of aliphatic imine (C=N–C) groups is 1. The first-order valence-electron chi connectivity index (χ1n) is 11.1. The van der Waals surface area contributed by atoms with E-state index in [4.69, 9.17) is 9.47 Å². The molecule has 0 bridgehead atoms. The number of nitrogens with zero attached hydrogens (tertiary/aromatic N) is 2. The third-order valence-electron chi connectivity index (χ3n) is 5.54. The molecule has 2 aliphatic heterocycles. The molecule has 0 saturated carbocycles. The molecule has 0 spiro atoms. The fourth-order valence-corrected chi connectivity index (χ4v) is 3.91. The second-order valence-electron chi connectivity index (χ2n) is 7.89.